The van der Waals surface area contributed by atoms with Crippen LogP contribution in [0, 0.1) is 0 Å². The first kappa shape index (κ1) is 11.5. The molecule has 3 rings (SSSR count). The van der Waals surface area contributed by atoms with E-state index in [0.717, 1.165) is 10.7 Å². The number of halogens is 1. The summed E-state index contributed by atoms with van der Waals surface area (Å²) < 4.78 is 7.66. The van der Waals surface area contributed by atoms with Crippen LogP contribution in [0.25, 0.3) is 4.96 Å². The highest BCUT2D eigenvalue weighted by atomic mass is 35.5. The molecule has 0 atom stereocenters. The van der Waals surface area contributed by atoms with Gasteiger partial charge in [0, 0.05) is 18.1 Å². The first-order valence-electron chi connectivity index (χ1n) is 5.36. The van der Waals surface area contributed by atoms with Crippen molar-refractivity contribution in [3.05, 3.63) is 46.6 Å². The number of thiazole rings is 1. The highest BCUT2D eigenvalue weighted by molar-refractivity contribution is 7.15. The highest BCUT2D eigenvalue weighted by Gasteiger charge is 2.14. The first-order valence-corrected chi connectivity index (χ1v) is 6.62. The van der Waals surface area contributed by atoms with E-state index in [0.29, 0.717) is 23.2 Å². The monoisotopic (exact) mass is 279 g/mol. The lowest BCUT2D eigenvalue weighted by Gasteiger charge is -2.05. The number of hydrogen-bond donors (Lipinski definition) is 1. The number of ether oxygens (including phenoxy) is 1. The molecule has 0 bridgehead atoms. The second kappa shape index (κ2) is 4.61. The summed E-state index contributed by atoms with van der Waals surface area (Å²) in [5.41, 5.74) is 6.58. The number of nitrogens with two attached hydrogens (primary N) is 1. The number of benzene rings is 1. The lowest BCUT2D eigenvalue weighted by molar-refractivity contribution is 0.459. The molecular formula is C12H10ClN3OS. The summed E-state index contributed by atoms with van der Waals surface area (Å²) in [5, 5.41) is 2.51. The van der Waals surface area contributed by atoms with Crippen molar-refractivity contribution in [2.75, 3.05) is 0 Å². The van der Waals surface area contributed by atoms with Crippen molar-refractivity contribution in [1.82, 2.24) is 9.38 Å². The van der Waals surface area contributed by atoms with Crippen LogP contribution in [-0.2, 0) is 6.54 Å². The number of hydrogen-bond acceptors (Lipinski definition) is 4. The van der Waals surface area contributed by atoms with Gasteiger partial charge in [-0.1, -0.05) is 23.7 Å². The van der Waals surface area contributed by atoms with Crippen molar-refractivity contribution in [3.8, 4) is 11.6 Å². The molecule has 2 N–H and O–H groups in total. The second-order valence-corrected chi connectivity index (χ2v) is 4.94. The molecule has 2 heterocycles. The van der Waals surface area contributed by atoms with E-state index in [1.165, 1.54) is 11.3 Å². The van der Waals surface area contributed by atoms with Crippen LogP contribution in [0.3, 0.4) is 0 Å². The number of imidazole rings is 1. The van der Waals surface area contributed by atoms with Crippen molar-refractivity contribution < 1.29 is 4.74 Å². The lowest BCUT2D eigenvalue weighted by atomic mass is 10.3. The van der Waals surface area contributed by atoms with Gasteiger partial charge in [-0.2, -0.15) is 4.98 Å². The van der Waals surface area contributed by atoms with Crippen LogP contribution in [-0.4, -0.2) is 9.38 Å². The Morgan fingerprint density at radius 1 is 1.39 bits per heavy atom. The van der Waals surface area contributed by atoms with Gasteiger partial charge in [-0.05, 0) is 12.1 Å². The van der Waals surface area contributed by atoms with E-state index in [1.807, 2.05) is 28.1 Å². The van der Waals surface area contributed by atoms with Crippen LogP contribution in [0.5, 0.6) is 11.6 Å². The van der Waals surface area contributed by atoms with E-state index in [1.54, 1.807) is 12.1 Å². The third-order valence-electron chi connectivity index (χ3n) is 2.56. The fraction of sp³-hybridized carbons (Fsp3) is 0.0833. The molecule has 0 aliphatic carbocycles. The van der Waals surface area contributed by atoms with Gasteiger partial charge < -0.3 is 10.5 Å². The first-order chi connectivity index (χ1) is 8.79. The van der Waals surface area contributed by atoms with Crippen LogP contribution in [0.15, 0.2) is 35.8 Å². The Labute approximate surface area is 113 Å². The molecule has 0 radical (unpaired) electrons. The fourth-order valence-corrected chi connectivity index (χ4v) is 2.61. The number of fused-ring (bicyclic) bond motifs is 1. The summed E-state index contributed by atoms with van der Waals surface area (Å²) in [6.07, 6.45) is 1.93. The van der Waals surface area contributed by atoms with Gasteiger partial charge in [-0.3, -0.25) is 4.40 Å². The molecule has 92 valence electrons. The van der Waals surface area contributed by atoms with E-state index in [4.69, 9.17) is 22.1 Å². The summed E-state index contributed by atoms with van der Waals surface area (Å²) in [6.45, 7) is 0.359. The standard InChI is InChI=1S/C12H10ClN3OS/c13-8-3-1-2-4-10(8)17-11-9(7-14)16-5-6-18-12(16)15-11/h1-6H,7,14H2. The van der Waals surface area contributed by atoms with Crippen LogP contribution in [0.2, 0.25) is 5.02 Å². The molecule has 0 aliphatic heterocycles. The zero-order valence-corrected chi connectivity index (χ0v) is 10.9. The average Bonchev–Trinajstić information content (AvgIpc) is 2.92. The molecule has 0 unspecified atom stereocenters. The van der Waals surface area contributed by atoms with Crippen molar-refractivity contribution in [2.24, 2.45) is 5.73 Å². The van der Waals surface area contributed by atoms with Gasteiger partial charge in [-0.15, -0.1) is 11.3 Å². The minimum absolute atomic E-state index is 0.359. The van der Waals surface area contributed by atoms with Crippen LogP contribution in [0.4, 0.5) is 0 Å². The van der Waals surface area contributed by atoms with Crippen LogP contribution in [0.1, 0.15) is 5.69 Å². The second-order valence-electron chi connectivity index (χ2n) is 3.66. The van der Waals surface area contributed by atoms with Gasteiger partial charge in [0.2, 0.25) is 5.88 Å². The smallest absolute Gasteiger partial charge is 0.243 e. The Hall–Kier alpha value is -1.56. The molecule has 4 nitrogen and oxygen atoms in total. The summed E-state index contributed by atoms with van der Waals surface area (Å²) in [7, 11) is 0. The van der Waals surface area contributed by atoms with Crippen LogP contribution < -0.4 is 10.5 Å². The van der Waals surface area contributed by atoms with Gasteiger partial charge in [-0.25, -0.2) is 0 Å². The predicted molar refractivity (Wildman–Crippen MR) is 72.5 cm³/mol. The number of para-hydroxylation sites is 1. The number of nitrogens with zero attached hydrogens (tertiary/aromatic N) is 2. The summed E-state index contributed by atoms with van der Waals surface area (Å²) >= 11 is 7.59. The van der Waals surface area contributed by atoms with Crippen molar-refractivity contribution >= 4 is 27.9 Å². The van der Waals surface area contributed by atoms with Crippen molar-refractivity contribution in [3.63, 3.8) is 0 Å². The molecule has 0 spiro atoms. The van der Waals surface area contributed by atoms with Crippen LogP contribution >= 0.6 is 22.9 Å². The van der Waals surface area contributed by atoms with E-state index in [2.05, 4.69) is 4.98 Å². The number of aromatic nitrogens is 2. The minimum atomic E-state index is 0.359. The third kappa shape index (κ3) is 1.86. The molecular weight excluding hydrogens is 270 g/mol. The molecule has 0 amide bonds. The molecule has 6 heteroatoms. The molecule has 0 saturated carbocycles. The lowest BCUT2D eigenvalue weighted by Crippen LogP contribution is -2.01. The predicted octanol–water partition coefficient (Wildman–Crippen LogP) is 3.30. The maximum absolute atomic E-state index is 6.05. The van der Waals surface area contributed by atoms with Crippen molar-refractivity contribution in [2.45, 2.75) is 6.54 Å². The van der Waals surface area contributed by atoms with Gasteiger partial charge in [0.1, 0.15) is 11.4 Å². The van der Waals surface area contributed by atoms with Gasteiger partial charge in [0.05, 0.1) is 5.02 Å². The van der Waals surface area contributed by atoms with E-state index in [9.17, 15) is 0 Å². The Balaban J connectivity index is 2.04. The Morgan fingerprint density at radius 3 is 3.00 bits per heavy atom. The molecule has 1 aromatic carbocycles. The SMILES string of the molecule is NCc1c(Oc2ccccc2Cl)nc2sccn12. The Kier molecular flexibility index (Phi) is 2.95. The zero-order chi connectivity index (χ0) is 12.5. The minimum Gasteiger partial charge on any atom is -0.436 e. The Morgan fingerprint density at radius 2 is 2.22 bits per heavy atom. The molecule has 0 aliphatic rings. The maximum atomic E-state index is 6.05. The Bertz CT molecular complexity index is 692. The molecule has 0 saturated heterocycles. The summed E-state index contributed by atoms with van der Waals surface area (Å²) in [4.78, 5) is 5.26. The van der Waals surface area contributed by atoms with Crippen molar-refractivity contribution in [1.29, 1.82) is 0 Å². The fourth-order valence-electron chi connectivity index (χ4n) is 1.71. The molecule has 18 heavy (non-hydrogen) atoms. The topological polar surface area (TPSA) is 52.5 Å². The average molecular weight is 280 g/mol. The highest BCUT2D eigenvalue weighted by Crippen LogP contribution is 2.31. The molecule has 0 fully saturated rings. The molecule has 2 aromatic heterocycles. The quantitative estimate of drug-likeness (QED) is 0.800. The summed E-state index contributed by atoms with van der Waals surface area (Å²) in [5.74, 6) is 1.09. The normalized spacial score (nSPS) is 11.0. The van der Waals surface area contributed by atoms with E-state index < -0.39 is 0 Å². The zero-order valence-electron chi connectivity index (χ0n) is 9.34. The maximum Gasteiger partial charge on any atom is 0.243 e. The summed E-state index contributed by atoms with van der Waals surface area (Å²) in [6, 6.07) is 7.29. The van der Waals surface area contributed by atoms with Gasteiger partial charge in [0.25, 0.3) is 0 Å². The van der Waals surface area contributed by atoms with Gasteiger partial charge in [0.15, 0.2) is 4.96 Å². The largest absolute Gasteiger partial charge is 0.436 e. The third-order valence-corrected chi connectivity index (χ3v) is 3.63. The van der Waals surface area contributed by atoms with Gasteiger partial charge >= 0.3 is 0 Å². The molecule has 3 aromatic rings. The van der Waals surface area contributed by atoms with E-state index in [-0.39, 0.29) is 0 Å². The number of rotatable bonds is 3. The van der Waals surface area contributed by atoms with E-state index >= 15 is 0 Å².